The SMILES string of the molecule is C[C@H](C#N)C(=O)[C@@H]1CCCN(c2cccc(F)c2)C1=O. The molecule has 104 valence electrons. The molecule has 0 bridgehead atoms. The molecule has 5 heteroatoms. The number of halogens is 1. The number of hydrogen-bond donors (Lipinski definition) is 0. The zero-order chi connectivity index (χ0) is 14.7. The van der Waals surface area contributed by atoms with Crippen molar-refractivity contribution >= 4 is 17.4 Å². The fourth-order valence-corrected chi connectivity index (χ4v) is 2.41. The molecule has 2 rings (SSSR count). The maximum Gasteiger partial charge on any atom is 0.237 e. The molecule has 1 aliphatic heterocycles. The van der Waals surface area contributed by atoms with E-state index in [9.17, 15) is 14.0 Å². The van der Waals surface area contributed by atoms with Crippen LogP contribution in [0, 0.1) is 29.0 Å². The van der Waals surface area contributed by atoms with E-state index in [1.54, 1.807) is 6.07 Å². The number of hydrogen-bond acceptors (Lipinski definition) is 3. The second kappa shape index (κ2) is 5.83. The third-order valence-corrected chi connectivity index (χ3v) is 3.52. The molecular weight excluding hydrogens is 259 g/mol. The zero-order valence-corrected chi connectivity index (χ0v) is 11.2. The summed E-state index contributed by atoms with van der Waals surface area (Å²) in [4.78, 5) is 25.8. The van der Waals surface area contributed by atoms with Crippen molar-refractivity contribution in [1.82, 2.24) is 0 Å². The Bertz CT molecular complexity index is 579. The van der Waals surface area contributed by atoms with E-state index < -0.39 is 17.7 Å². The second-order valence-electron chi connectivity index (χ2n) is 4.92. The second-order valence-corrected chi connectivity index (χ2v) is 4.92. The van der Waals surface area contributed by atoms with Crippen LogP contribution >= 0.6 is 0 Å². The summed E-state index contributed by atoms with van der Waals surface area (Å²) in [5.41, 5.74) is 0.456. The van der Waals surface area contributed by atoms with Crippen molar-refractivity contribution in [3.8, 4) is 6.07 Å². The van der Waals surface area contributed by atoms with Crippen LogP contribution < -0.4 is 4.90 Å². The van der Waals surface area contributed by atoms with E-state index in [1.807, 2.05) is 6.07 Å². The van der Waals surface area contributed by atoms with Crippen LogP contribution in [0.1, 0.15) is 19.8 Å². The molecule has 0 N–H and O–H groups in total. The van der Waals surface area contributed by atoms with E-state index in [1.165, 1.54) is 30.0 Å². The number of nitriles is 1. The molecule has 2 atom stereocenters. The van der Waals surface area contributed by atoms with Crippen LogP contribution in [0.4, 0.5) is 10.1 Å². The van der Waals surface area contributed by atoms with Crippen molar-refractivity contribution in [3.05, 3.63) is 30.1 Å². The molecule has 0 saturated carbocycles. The maximum absolute atomic E-state index is 13.2. The molecule has 0 aliphatic carbocycles. The number of ketones is 1. The average molecular weight is 274 g/mol. The van der Waals surface area contributed by atoms with Gasteiger partial charge in [0.05, 0.1) is 12.0 Å². The number of carbonyl (C=O) groups excluding carboxylic acids is 2. The van der Waals surface area contributed by atoms with Gasteiger partial charge in [0.2, 0.25) is 5.91 Å². The minimum Gasteiger partial charge on any atom is -0.312 e. The molecule has 0 radical (unpaired) electrons. The number of amides is 1. The van der Waals surface area contributed by atoms with Crippen LogP contribution in [0.3, 0.4) is 0 Å². The monoisotopic (exact) mass is 274 g/mol. The van der Waals surface area contributed by atoms with E-state index >= 15 is 0 Å². The van der Waals surface area contributed by atoms with Crippen molar-refractivity contribution in [2.75, 3.05) is 11.4 Å². The molecule has 1 aromatic carbocycles. The third-order valence-electron chi connectivity index (χ3n) is 3.52. The van der Waals surface area contributed by atoms with Crippen LogP contribution in [0.2, 0.25) is 0 Å². The lowest BCUT2D eigenvalue weighted by Crippen LogP contribution is -2.45. The molecule has 0 unspecified atom stereocenters. The van der Waals surface area contributed by atoms with Gasteiger partial charge in [-0.25, -0.2) is 4.39 Å². The van der Waals surface area contributed by atoms with E-state index in [2.05, 4.69) is 0 Å². The summed E-state index contributed by atoms with van der Waals surface area (Å²) in [6, 6.07) is 7.62. The summed E-state index contributed by atoms with van der Waals surface area (Å²) >= 11 is 0. The quantitative estimate of drug-likeness (QED) is 0.794. The Kier molecular flexibility index (Phi) is 4.14. The summed E-state index contributed by atoms with van der Waals surface area (Å²) in [5, 5.41) is 8.80. The number of carbonyl (C=O) groups is 2. The molecule has 1 fully saturated rings. The molecule has 0 spiro atoms. The van der Waals surface area contributed by atoms with E-state index in [0.29, 0.717) is 25.1 Å². The van der Waals surface area contributed by atoms with Crippen LogP contribution in [0.5, 0.6) is 0 Å². The maximum atomic E-state index is 13.2. The normalized spacial score (nSPS) is 20.4. The van der Waals surface area contributed by atoms with Crippen molar-refractivity contribution in [3.63, 3.8) is 0 Å². The predicted octanol–water partition coefficient (Wildman–Crippen LogP) is 2.30. The molecule has 1 saturated heterocycles. The Hall–Kier alpha value is -2.22. The van der Waals surface area contributed by atoms with E-state index in [4.69, 9.17) is 5.26 Å². The topological polar surface area (TPSA) is 61.2 Å². The number of rotatable bonds is 3. The van der Waals surface area contributed by atoms with E-state index in [-0.39, 0.29) is 11.7 Å². The van der Waals surface area contributed by atoms with E-state index in [0.717, 1.165) is 0 Å². The molecule has 1 aliphatic rings. The lowest BCUT2D eigenvalue weighted by Gasteiger charge is -2.32. The fourth-order valence-electron chi connectivity index (χ4n) is 2.41. The summed E-state index contributed by atoms with van der Waals surface area (Å²) in [6.45, 7) is 1.96. The van der Waals surface area contributed by atoms with Crippen LogP contribution in [0.15, 0.2) is 24.3 Å². The summed E-state index contributed by atoms with van der Waals surface area (Å²) in [7, 11) is 0. The van der Waals surface area contributed by atoms with Crippen molar-refractivity contribution < 1.29 is 14.0 Å². The van der Waals surface area contributed by atoms with Crippen LogP contribution in [-0.2, 0) is 9.59 Å². The van der Waals surface area contributed by atoms with Crippen molar-refractivity contribution in [1.29, 1.82) is 5.26 Å². The van der Waals surface area contributed by atoms with Crippen molar-refractivity contribution in [2.24, 2.45) is 11.8 Å². The lowest BCUT2D eigenvalue weighted by atomic mass is 9.87. The Morgan fingerprint density at radius 1 is 1.55 bits per heavy atom. The average Bonchev–Trinajstić information content (AvgIpc) is 2.46. The number of Topliss-reactive ketones (excluding diaryl/α,β-unsaturated/α-hetero) is 1. The fraction of sp³-hybridized carbons (Fsp3) is 0.400. The van der Waals surface area contributed by atoms with Gasteiger partial charge in [-0.1, -0.05) is 6.07 Å². The minimum absolute atomic E-state index is 0.339. The number of benzene rings is 1. The molecule has 1 aromatic rings. The van der Waals surface area contributed by atoms with Gasteiger partial charge in [0, 0.05) is 12.2 Å². The van der Waals surface area contributed by atoms with Crippen LogP contribution in [-0.4, -0.2) is 18.2 Å². The zero-order valence-electron chi connectivity index (χ0n) is 11.2. The largest absolute Gasteiger partial charge is 0.312 e. The highest BCUT2D eigenvalue weighted by atomic mass is 19.1. The first-order valence-electron chi connectivity index (χ1n) is 6.55. The molecule has 1 amide bonds. The molecule has 1 heterocycles. The Morgan fingerprint density at radius 2 is 2.30 bits per heavy atom. The Morgan fingerprint density at radius 3 is 2.95 bits per heavy atom. The first kappa shape index (κ1) is 14.2. The van der Waals surface area contributed by atoms with Gasteiger partial charge in [-0.15, -0.1) is 0 Å². The Balaban J connectivity index is 2.23. The summed E-state index contributed by atoms with van der Waals surface area (Å²) < 4.78 is 13.2. The molecular formula is C15H15FN2O2. The minimum atomic E-state index is -0.795. The summed E-state index contributed by atoms with van der Waals surface area (Å²) in [6.07, 6.45) is 1.12. The first-order valence-corrected chi connectivity index (χ1v) is 6.55. The van der Waals surface area contributed by atoms with Crippen LogP contribution in [0.25, 0.3) is 0 Å². The number of anilines is 1. The molecule has 0 aromatic heterocycles. The lowest BCUT2D eigenvalue weighted by molar-refractivity contribution is -0.135. The number of nitrogens with zero attached hydrogens (tertiary/aromatic N) is 2. The Labute approximate surface area is 116 Å². The first-order chi connectivity index (χ1) is 9.54. The molecule has 20 heavy (non-hydrogen) atoms. The van der Waals surface area contributed by atoms with Gasteiger partial charge in [-0.3, -0.25) is 9.59 Å². The van der Waals surface area contributed by atoms with Gasteiger partial charge in [-0.2, -0.15) is 5.26 Å². The smallest absolute Gasteiger partial charge is 0.237 e. The highest BCUT2D eigenvalue weighted by Gasteiger charge is 2.36. The third kappa shape index (κ3) is 2.69. The van der Waals surface area contributed by atoms with Gasteiger partial charge in [0.1, 0.15) is 11.7 Å². The predicted molar refractivity (Wildman–Crippen MR) is 71.3 cm³/mol. The summed E-state index contributed by atoms with van der Waals surface area (Å²) in [5.74, 6) is -2.69. The van der Waals surface area contributed by atoms with Gasteiger partial charge < -0.3 is 4.90 Å². The van der Waals surface area contributed by atoms with Crippen molar-refractivity contribution in [2.45, 2.75) is 19.8 Å². The van der Waals surface area contributed by atoms with Gasteiger partial charge in [0.15, 0.2) is 5.78 Å². The molecule has 4 nitrogen and oxygen atoms in total. The standard InChI is InChI=1S/C15H15FN2O2/c1-10(9-17)14(19)13-6-3-7-18(15(13)20)12-5-2-4-11(16)8-12/h2,4-5,8,10,13H,3,6-7H2,1H3/t10-,13+/m1/s1. The number of piperidine rings is 1. The van der Waals surface area contributed by atoms with Gasteiger partial charge >= 0.3 is 0 Å². The highest BCUT2D eigenvalue weighted by Crippen LogP contribution is 2.27. The van der Waals surface area contributed by atoms with Gasteiger partial charge in [-0.05, 0) is 38.0 Å². The highest BCUT2D eigenvalue weighted by molar-refractivity contribution is 6.10. The van der Waals surface area contributed by atoms with Gasteiger partial charge in [0.25, 0.3) is 0 Å².